The molecule has 0 saturated carbocycles. The van der Waals surface area contributed by atoms with Gasteiger partial charge in [0.2, 0.25) is 17.7 Å². The van der Waals surface area contributed by atoms with Crippen LogP contribution in [-0.2, 0) is 25.6 Å². The summed E-state index contributed by atoms with van der Waals surface area (Å²) in [5, 5.41) is 23.6. The number of thioether (sulfide) groups is 1. The lowest BCUT2D eigenvalue weighted by Crippen LogP contribution is -2.55. The minimum absolute atomic E-state index is 0.0294. The first-order valence-corrected chi connectivity index (χ1v) is 10.7. The van der Waals surface area contributed by atoms with Crippen molar-refractivity contribution in [2.45, 2.75) is 43.8 Å². The van der Waals surface area contributed by atoms with Crippen LogP contribution in [0.4, 0.5) is 0 Å². The number of amides is 3. The second kappa shape index (κ2) is 12.7. The lowest BCUT2D eigenvalue weighted by atomic mass is 10.0. The van der Waals surface area contributed by atoms with Gasteiger partial charge in [0, 0.05) is 12.8 Å². The van der Waals surface area contributed by atoms with Gasteiger partial charge >= 0.3 is 5.97 Å². The van der Waals surface area contributed by atoms with Gasteiger partial charge < -0.3 is 32.3 Å². The molecule has 1 aromatic carbocycles. The van der Waals surface area contributed by atoms with Crippen LogP contribution in [0.1, 0.15) is 24.8 Å². The molecule has 3 amide bonds. The molecule has 0 saturated heterocycles. The number of aliphatic carboxylic acids is 1. The summed E-state index contributed by atoms with van der Waals surface area (Å²) in [6.45, 7) is 0. The highest BCUT2D eigenvalue weighted by atomic mass is 32.2. The number of carbonyl (C=O) groups excluding carboxylic acids is 3. The van der Waals surface area contributed by atoms with E-state index in [0.29, 0.717) is 17.7 Å². The molecule has 0 aliphatic carbocycles. The van der Waals surface area contributed by atoms with E-state index in [4.69, 9.17) is 11.5 Å². The molecule has 0 radical (unpaired) electrons. The van der Waals surface area contributed by atoms with Crippen molar-refractivity contribution in [1.82, 2.24) is 10.6 Å². The Labute approximate surface area is 178 Å². The first-order chi connectivity index (χ1) is 14.1. The van der Waals surface area contributed by atoms with Crippen LogP contribution >= 0.6 is 11.8 Å². The maximum absolute atomic E-state index is 12.7. The third-order valence-electron chi connectivity index (χ3n) is 4.27. The largest absolute Gasteiger partial charge is 0.508 e. The van der Waals surface area contributed by atoms with Crippen molar-refractivity contribution >= 4 is 35.5 Å². The quantitative estimate of drug-likeness (QED) is 0.233. The lowest BCUT2D eigenvalue weighted by Gasteiger charge is -2.22. The predicted molar refractivity (Wildman–Crippen MR) is 113 cm³/mol. The number of rotatable bonds is 13. The van der Waals surface area contributed by atoms with E-state index in [1.54, 1.807) is 0 Å². The fourth-order valence-corrected chi connectivity index (χ4v) is 3.04. The molecule has 0 fully saturated rings. The maximum Gasteiger partial charge on any atom is 0.326 e. The molecule has 11 heteroatoms. The van der Waals surface area contributed by atoms with E-state index < -0.39 is 41.8 Å². The molecule has 8 N–H and O–H groups in total. The summed E-state index contributed by atoms with van der Waals surface area (Å²) in [7, 11) is 0. The molecule has 10 nitrogen and oxygen atoms in total. The molecular formula is C19H28N4O6S. The average molecular weight is 441 g/mol. The summed E-state index contributed by atoms with van der Waals surface area (Å²) in [6.07, 6.45) is 1.97. The van der Waals surface area contributed by atoms with Crippen molar-refractivity contribution in [1.29, 1.82) is 0 Å². The van der Waals surface area contributed by atoms with Crippen molar-refractivity contribution in [2.24, 2.45) is 11.5 Å². The van der Waals surface area contributed by atoms with Gasteiger partial charge in [-0.1, -0.05) is 12.1 Å². The van der Waals surface area contributed by atoms with Crippen molar-refractivity contribution in [3.63, 3.8) is 0 Å². The Hall–Kier alpha value is -2.79. The Morgan fingerprint density at radius 2 is 1.63 bits per heavy atom. The zero-order valence-corrected chi connectivity index (χ0v) is 17.5. The van der Waals surface area contributed by atoms with E-state index in [-0.39, 0.29) is 25.0 Å². The first-order valence-electron chi connectivity index (χ1n) is 9.28. The van der Waals surface area contributed by atoms with E-state index in [1.165, 1.54) is 36.0 Å². The predicted octanol–water partition coefficient (Wildman–Crippen LogP) is -0.665. The second-order valence-corrected chi connectivity index (χ2v) is 7.71. The van der Waals surface area contributed by atoms with Gasteiger partial charge in [-0.15, -0.1) is 0 Å². The van der Waals surface area contributed by atoms with Crippen LogP contribution in [-0.4, -0.2) is 64.0 Å². The van der Waals surface area contributed by atoms with Gasteiger partial charge in [-0.25, -0.2) is 4.79 Å². The van der Waals surface area contributed by atoms with E-state index in [0.717, 1.165) is 0 Å². The Morgan fingerprint density at radius 3 is 2.17 bits per heavy atom. The molecule has 1 rings (SSSR count). The zero-order chi connectivity index (χ0) is 22.7. The number of benzene rings is 1. The minimum Gasteiger partial charge on any atom is -0.508 e. The number of phenolic OH excluding ortho intramolecular Hbond substituents is 1. The maximum atomic E-state index is 12.7. The van der Waals surface area contributed by atoms with Crippen molar-refractivity contribution in [3.05, 3.63) is 29.8 Å². The molecule has 0 aromatic heterocycles. The zero-order valence-electron chi connectivity index (χ0n) is 16.7. The number of carbonyl (C=O) groups is 4. The topological polar surface area (TPSA) is 185 Å². The third-order valence-corrected chi connectivity index (χ3v) is 4.92. The molecule has 0 heterocycles. The van der Waals surface area contributed by atoms with Crippen LogP contribution in [0.5, 0.6) is 5.75 Å². The molecule has 3 unspecified atom stereocenters. The van der Waals surface area contributed by atoms with Crippen molar-refractivity contribution in [2.75, 3.05) is 12.0 Å². The molecule has 1 aromatic rings. The molecule has 166 valence electrons. The average Bonchev–Trinajstić information content (AvgIpc) is 2.69. The number of carboxylic acids is 1. The molecule has 3 atom stereocenters. The van der Waals surface area contributed by atoms with E-state index in [1.807, 2.05) is 6.26 Å². The van der Waals surface area contributed by atoms with Crippen LogP contribution in [0.2, 0.25) is 0 Å². The van der Waals surface area contributed by atoms with Gasteiger partial charge in [0.25, 0.3) is 0 Å². The van der Waals surface area contributed by atoms with Crippen molar-refractivity contribution < 1.29 is 29.4 Å². The highest BCUT2D eigenvalue weighted by Gasteiger charge is 2.28. The van der Waals surface area contributed by atoms with Crippen LogP contribution in [0, 0.1) is 0 Å². The SMILES string of the molecule is CSCCC(N)C(=O)NC(CCC(N)=O)C(=O)NC(Cc1ccc(O)cc1)C(=O)O. The van der Waals surface area contributed by atoms with E-state index in [2.05, 4.69) is 10.6 Å². The summed E-state index contributed by atoms with van der Waals surface area (Å²) in [5.41, 5.74) is 11.5. The van der Waals surface area contributed by atoms with E-state index in [9.17, 15) is 29.4 Å². The second-order valence-electron chi connectivity index (χ2n) is 6.72. The van der Waals surface area contributed by atoms with Gasteiger partial charge in [-0.2, -0.15) is 11.8 Å². The summed E-state index contributed by atoms with van der Waals surface area (Å²) in [4.78, 5) is 47.6. The third kappa shape index (κ3) is 9.14. The van der Waals surface area contributed by atoms with Gasteiger partial charge in [-0.3, -0.25) is 14.4 Å². The Kier molecular flexibility index (Phi) is 10.7. The van der Waals surface area contributed by atoms with Crippen LogP contribution in [0.3, 0.4) is 0 Å². The lowest BCUT2D eigenvalue weighted by molar-refractivity contribution is -0.142. The highest BCUT2D eigenvalue weighted by molar-refractivity contribution is 7.98. The summed E-state index contributed by atoms with van der Waals surface area (Å²) < 4.78 is 0. The smallest absolute Gasteiger partial charge is 0.326 e. The van der Waals surface area contributed by atoms with Gasteiger partial charge in [0.1, 0.15) is 17.8 Å². The Bertz CT molecular complexity index is 743. The van der Waals surface area contributed by atoms with Crippen LogP contribution in [0.25, 0.3) is 0 Å². The monoisotopic (exact) mass is 440 g/mol. The highest BCUT2D eigenvalue weighted by Crippen LogP contribution is 2.12. The number of phenols is 1. The summed E-state index contributed by atoms with van der Waals surface area (Å²) in [6, 6.07) is 2.60. The molecular weight excluding hydrogens is 412 g/mol. The number of nitrogens with one attached hydrogen (secondary N) is 2. The number of hydrogen-bond acceptors (Lipinski definition) is 7. The Balaban J connectivity index is 2.85. The number of hydrogen-bond donors (Lipinski definition) is 6. The number of aromatic hydroxyl groups is 1. The molecule has 30 heavy (non-hydrogen) atoms. The molecule has 0 spiro atoms. The molecule has 0 aliphatic rings. The summed E-state index contributed by atoms with van der Waals surface area (Å²) >= 11 is 1.52. The summed E-state index contributed by atoms with van der Waals surface area (Å²) in [5.74, 6) is -2.57. The number of primary amides is 1. The standard InChI is InChI=1S/C19H28N4O6S/c1-30-9-8-13(20)17(26)22-14(6-7-16(21)25)18(27)23-15(19(28)29)10-11-2-4-12(24)5-3-11/h2-5,13-15,24H,6-10,20H2,1H3,(H2,21,25)(H,22,26)(H,23,27)(H,28,29). The van der Waals surface area contributed by atoms with Gasteiger partial charge in [-0.05, 0) is 42.5 Å². The molecule has 0 bridgehead atoms. The van der Waals surface area contributed by atoms with Crippen molar-refractivity contribution in [3.8, 4) is 5.75 Å². The van der Waals surface area contributed by atoms with Gasteiger partial charge in [0.05, 0.1) is 6.04 Å². The van der Waals surface area contributed by atoms with Crippen LogP contribution < -0.4 is 22.1 Å². The minimum atomic E-state index is -1.28. The number of carboxylic acid groups (broad SMARTS) is 1. The van der Waals surface area contributed by atoms with Gasteiger partial charge in [0.15, 0.2) is 0 Å². The van der Waals surface area contributed by atoms with Crippen LogP contribution in [0.15, 0.2) is 24.3 Å². The fourth-order valence-electron chi connectivity index (χ4n) is 2.55. The normalized spacial score (nSPS) is 13.7. The first kappa shape index (κ1) is 25.2. The van der Waals surface area contributed by atoms with E-state index >= 15 is 0 Å². The Morgan fingerprint density at radius 1 is 1.03 bits per heavy atom. The molecule has 0 aliphatic heterocycles. The number of nitrogens with two attached hydrogens (primary N) is 2. The fraction of sp³-hybridized carbons (Fsp3) is 0.474.